The van der Waals surface area contributed by atoms with Crippen molar-refractivity contribution < 1.29 is 14.6 Å². The lowest BCUT2D eigenvalue weighted by Gasteiger charge is -2.07. The molecule has 0 spiro atoms. The van der Waals surface area contributed by atoms with Crippen molar-refractivity contribution in [1.29, 1.82) is 0 Å². The topological polar surface area (TPSA) is 62.3 Å². The largest absolute Gasteiger partial charge is 0.506 e. The molecule has 0 aliphatic carbocycles. The van der Waals surface area contributed by atoms with E-state index in [-0.39, 0.29) is 22.6 Å². The van der Waals surface area contributed by atoms with E-state index >= 15 is 0 Å². The monoisotopic (exact) mass is 249 g/mol. The van der Waals surface area contributed by atoms with Crippen LogP contribution in [0.25, 0.3) is 10.9 Å². The van der Waals surface area contributed by atoms with Gasteiger partial charge in [0.25, 0.3) is 0 Å². The van der Waals surface area contributed by atoms with E-state index in [2.05, 4.69) is 4.98 Å². The zero-order valence-electron chi connectivity index (χ0n) is 9.19. The fourth-order valence-corrected chi connectivity index (χ4v) is 1.91. The summed E-state index contributed by atoms with van der Waals surface area (Å²) in [4.78, 5) is 14.6. The van der Waals surface area contributed by atoms with Gasteiger partial charge in [0.15, 0.2) is 0 Å². The first kappa shape index (κ1) is 11.6. The van der Waals surface area contributed by atoms with Gasteiger partial charge in [-0.25, -0.2) is 4.79 Å². The van der Waals surface area contributed by atoms with E-state index in [1.807, 2.05) is 6.07 Å². The Balaban J connectivity index is 2.72. The number of benzene rings is 1. The fourth-order valence-electron chi connectivity index (χ4n) is 1.62. The number of aromatic amines is 1. The van der Waals surface area contributed by atoms with Gasteiger partial charge in [-0.05, 0) is 19.1 Å². The van der Waals surface area contributed by atoms with Crippen molar-refractivity contribution in [3.8, 4) is 5.75 Å². The summed E-state index contributed by atoms with van der Waals surface area (Å²) in [5.74, 6) is -0.750. The maximum atomic E-state index is 11.7. The molecule has 2 N–H and O–H groups in total. The molecule has 17 heavy (non-hydrogen) atoms. The van der Waals surface area contributed by atoms with Crippen molar-refractivity contribution in [2.24, 2.45) is 0 Å². The first-order chi connectivity index (χ1) is 8.15. The number of hydrogen-bond acceptors (Lipinski definition) is 4. The molecule has 0 amide bonds. The number of rotatable bonds is 2. The second-order valence-corrected chi connectivity index (χ2v) is 3.85. The molecule has 1 aromatic heterocycles. The number of esters is 1. The number of fused-ring (bicyclic) bond motifs is 1. The maximum Gasteiger partial charge on any atom is 0.344 e. The minimum absolute atomic E-state index is 0.0144. The molecule has 1 aromatic carbocycles. The van der Waals surface area contributed by atoms with E-state index in [1.165, 1.54) is 0 Å². The van der Waals surface area contributed by atoms with Crippen LogP contribution in [0.15, 0.2) is 24.3 Å². The molecule has 0 bridgehead atoms. The van der Waals surface area contributed by atoms with E-state index in [1.54, 1.807) is 25.1 Å². The Labute approximate surface area is 103 Å². The number of nitrogens with one attached hydrogen (secondary N) is 1. The average molecular weight is 249 g/mol. The lowest BCUT2D eigenvalue weighted by atomic mass is 10.1. The van der Waals surface area contributed by atoms with Crippen LogP contribution in [-0.2, 0) is 4.74 Å². The summed E-state index contributed by atoms with van der Waals surface area (Å²) in [5.41, 5.74) is 0.698. The van der Waals surface area contributed by atoms with Crippen LogP contribution in [-0.4, -0.2) is 22.7 Å². The molecule has 0 aliphatic heterocycles. The molecule has 5 heteroatoms. The van der Waals surface area contributed by atoms with Crippen molar-refractivity contribution in [2.75, 3.05) is 6.61 Å². The second kappa shape index (κ2) is 4.55. The smallest absolute Gasteiger partial charge is 0.344 e. The van der Waals surface area contributed by atoms with Crippen LogP contribution < -0.4 is 0 Å². The van der Waals surface area contributed by atoms with Gasteiger partial charge in [-0.3, -0.25) is 0 Å². The Morgan fingerprint density at radius 1 is 1.47 bits per heavy atom. The molecular weight excluding hydrogens is 238 g/mol. The molecule has 1 heterocycles. The average Bonchev–Trinajstić information content (AvgIpc) is 2.29. The van der Waals surface area contributed by atoms with Gasteiger partial charge >= 0.3 is 5.97 Å². The Bertz CT molecular complexity index is 633. The molecule has 0 radical (unpaired) electrons. The van der Waals surface area contributed by atoms with Gasteiger partial charge in [0.05, 0.1) is 12.1 Å². The predicted molar refractivity (Wildman–Crippen MR) is 66.8 cm³/mol. The number of H-pyrrole nitrogens is 1. The van der Waals surface area contributed by atoms with Gasteiger partial charge in [-0.2, -0.15) is 0 Å². The van der Waals surface area contributed by atoms with Gasteiger partial charge < -0.3 is 14.8 Å². The van der Waals surface area contributed by atoms with Crippen molar-refractivity contribution in [1.82, 2.24) is 4.98 Å². The van der Waals surface area contributed by atoms with E-state index in [0.717, 1.165) is 0 Å². The van der Waals surface area contributed by atoms with Crippen molar-refractivity contribution in [2.45, 2.75) is 6.92 Å². The van der Waals surface area contributed by atoms with Crippen LogP contribution in [0.3, 0.4) is 0 Å². The summed E-state index contributed by atoms with van der Waals surface area (Å²) in [5, 5.41) is 10.6. The Morgan fingerprint density at radius 3 is 2.88 bits per heavy atom. The van der Waals surface area contributed by atoms with E-state index in [4.69, 9.17) is 17.0 Å². The number of aromatic nitrogens is 1. The zero-order chi connectivity index (χ0) is 12.4. The highest BCUT2D eigenvalue weighted by Gasteiger charge is 2.17. The van der Waals surface area contributed by atoms with Crippen molar-refractivity contribution in [3.05, 3.63) is 34.5 Å². The summed E-state index contributed by atoms with van der Waals surface area (Å²) in [6.45, 7) is 1.93. The maximum absolute atomic E-state index is 11.7. The number of para-hydroxylation sites is 1. The number of ether oxygens (including phenoxy) is 1. The molecule has 0 unspecified atom stereocenters. The highest BCUT2D eigenvalue weighted by atomic mass is 32.1. The standard InChI is InChI=1S/C12H11NO3S/c1-2-16-12(15)9-10(14)7-5-3-4-6-8(7)13-11(9)17/h3-6H,2H2,1H3,(H2,13,14,17). The molecule has 2 aromatic rings. The van der Waals surface area contributed by atoms with Crippen LogP contribution >= 0.6 is 12.2 Å². The second-order valence-electron chi connectivity index (χ2n) is 3.44. The molecule has 88 valence electrons. The van der Waals surface area contributed by atoms with Crippen molar-refractivity contribution in [3.63, 3.8) is 0 Å². The number of pyridine rings is 1. The van der Waals surface area contributed by atoms with Crippen LogP contribution in [0.1, 0.15) is 17.3 Å². The summed E-state index contributed by atoms with van der Waals surface area (Å²) in [6, 6.07) is 7.07. The molecule has 0 saturated carbocycles. The lowest BCUT2D eigenvalue weighted by Crippen LogP contribution is -2.07. The van der Waals surface area contributed by atoms with E-state index in [0.29, 0.717) is 10.9 Å². The third-order valence-corrected chi connectivity index (χ3v) is 2.68. The Morgan fingerprint density at radius 2 is 2.18 bits per heavy atom. The van der Waals surface area contributed by atoms with E-state index in [9.17, 15) is 9.90 Å². The zero-order valence-corrected chi connectivity index (χ0v) is 10.0. The van der Waals surface area contributed by atoms with Crippen LogP contribution in [0.4, 0.5) is 0 Å². The molecule has 4 nitrogen and oxygen atoms in total. The Hall–Kier alpha value is -1.88. The number of aromatic hydroxyl groups is 1. The third kappa shape index (κ3) is 2.01. The summed E-state index contributed by atoms with van der Waals surface area (Å²) >= 11 is 5.04. The highest BCUT2D eigenvalue weighted by Crippen LogP contribution is 2.28. The van der Waals surface area contributed by atoms with Gasteiger partial charge in [0.2, 0.25) is 0 Å². The third-order valence-electron chi connectivity index (χ3n) is 2.37. The molecule has 0 saturated heterocycles. The first-order valence-electron chi connectivity index (χ1n) is 5.16. The predicted octanol–water partition coefficient (Wildman–Crippen LogP) is 2.78. The summed E-state index contributed by atoms with van der Waals surface area (Å²) < 4.78 is 5.03. The number of carbonyl (C=O) groups excluding carboxylic acids is 1. The van der Waals surface area contributed by atoms with Crippen LogP contribution in [0.5, 0.6) is 5.75 Å². The molecular formula is C12H11NO3S. The number of carbonyl (C=O) groups is 1. The van der Waals surface area contributed by atoms with Crippen molar-refractivity contribution >= 4 is 29.1 Å². The van der Waals surface area contributed by atoms with E-state index < -0.39 is 5.97 Å². The SMILES string of the molecule is CCOC(=O)c1c(O)c2ccccc2[nH]c1=S. The van der Waals surface area contributed by atoms with Gasteiger partial charge in [0.1, 0.15) is 16.0 Å². The lowest BCUT2D eigenvalue weighted by molar-refractivity contribution is 0.0522. The van der Waals surface area contributed by atoms with Gasteiger partial charge in [-0.15, -0.1) is 0 Å². The van der Waals surface area contributed by atoms with Crippen LogP contribution in [0, 0.1) is 4.64 Å². The molecule has 2 rings (SSSR count). The normalized spacial score (nSPS) is 10.4. The molecule has 0 atom stereocenters. The Kier molecular flexibility index (Phi) is 3.10. The summed E-state index contributed by atoms with van der Waals surface area (Å²) in [6.07, 6.45) is 0. The van der Waals surface area contributed by atoms with Gasteiger partial charge in [0, 0.05) is 5.39 Å². The number of hydrogen-bond donors (Lipinski definition) is 2. The first-order valence-corrected chi connectivity index (χ1v) is 5.57. The fraction of sp³-hybridized carbons (Fsp3) is 0.167. The minimum Gasteiger partial charge on any atom is -0.506 e. The van der Waals surface area contributed by atoms with Crippen LogP contribution in [0.2, 0.25) is 0 Å². The summed E-state index contributed by atoms with van der Waals surface area (Å²) in [7, 11) is 0. The highest BCUT2D eigenvalue weighted by molar-refractivity contribution is 7.71. The minimum atomic E-state index is -0.614. The molecule has 0 fully saturated rings. The molecule has 0 aliphatic rings. The van der Waals surface area contributed by atoms with Gasteiger partial charge in [-0.1, -0.05) is 24.4 Å². The quantitative estimate of drug-likeness (QED) is 0.634.